The standard InChI is InChI=1S/C21H16N2O3S/c1-26-16-9-7-15(8-10-16)18(24)11-23-13-22-20-19(21(23)25)17(12-27-20)14-5-3-2-4-6-14/h2-10,12-13H,11H2,1H3. The molecule has 0 bridgehead atoms. The van der Waals surface area contributed by atoms with Gasteiger partial charge >= 0.3 is 0 Å². The molecule has 0 aliphatic heterocycles. The molecule has 134 valence electrons. The normalized spacial score (nSPS) is 10.9. The summed E-state index contributed by atoms with van der Waals surface area (Å²) in [6.07, 6.45) is 1.44. The Labute approximate surface area is 159 Å². The van der Waals surface area contributed by atoms with E-state index in [2.05, 4.69) is 4.98 Å². The van der Waals surface area contributed by atoms with Crippen LogP contribution in [0.4, 0.5) is 0 Å². The van der Waals surface area contributed by atoms with Crippen LogP contribution >= 0.6 is 11.3 Å². The van der Waals surface area contributed by atoms with E-state index in [9.17, 15) is 9.59 Å². The van der Waals surface area contributed by atoms with Gasteiger partial charge in [0, 0.05) is 16.5 Å². The number of thiophene rings is 1. The lowest BCUT2D eigenvalue weighted by Crippen LogP contribution is -2.24. The van der Waals surface area contributed by atoms with Crippen molar-refractivity contribution in [3.63, 3.8) is 0 Å². The first-order chi connectivity index (χ1) is 13.2. The second-order valence-electron chi connectivity index (χ2n) is 6.02. The molecule has 0 spiro atoms. The number of aromatic nitrogens is 2. The Balaban J connectivity index is 1.71. The molecule has 0 unspecified atom stereocenters. The van der Waals surface area contributed by atoms with Crippen LogP contribution in [-0.2, 0) is 6.54 Å². The number of ether oxygens (including phenoxy) is 1. The Morgan fingerprint density at radius 2 is 1.85 bits per heavy atom. The largest absolute Gasteiger partial charge is 0.497 e. The van der Waals surface area contributed by atoms with E-state index in [4.69, 9.17) is 4.74 Å². The summed E-state index contributed by atoms with van der Waals surface area (Å²) in [4.78, 5) is 30.6. The number of methoxy groups -OCH3 is 1. The molecular formula is C21H16N2O3S. The number of rotatable bonds is 5. The van der Waals surface area contributed by atoms with Crippen LogP contribution in [0.1, 0.15) is 10.4 Å². The molecule has 2 aromatic heterocycles. The van der Waals surface area contributed by atoms with Crippen molar-refractivity contribution >= 4 is 27.3 Å². The molecule has 2 heterocycles. The van der Waals surface area contributed by atoms with Gasteiger partial charge in [0.1, 0.15) is 10.6 Å². The zero-order valence-electron chi connectivity index (χ0n) is 14.6. The molecule has 0 aliphatic rings. The van der Waals surface area contributed by atoms with Crippen molar-refractivity contribution in [3.05, 3.63) is 82.2 Å². The molecule has 0 atom stereocenters. The van der Waals surface area contributed by atoms with E-state index in [1.165, 1.54) is 22.2 Å². The smallest absolute Gasteiger partial charge is 0.263 e. The summed E-state index contributed by atoms with van der Waals surface area (Å²) in [6.45, 7) is -0.0574. The summed E-state index contributed by atoms with van der Waals surface area (Å²) in [5, 5.41) is 2.49. The van der Waals surface area contributed by atoms with Crippen LogP contribution in [-0.4, -0.2) is 22.4 Å². The summed E-state index contributed by atoms with van der Waals surface area (Å²) in [7, 11) is 1.57. The average Bonchev–Trinajstić information content (AvgIpc) is 3.16. The van der Waals surface area contributed by atoms with Crippen LogP contribution in [0.15, 0.2) is 71.1 Å². The SMILES string of the molecule is COc1ccc(C(=O)Cn2cnc3scc(-c4ccccc4)c3c2=O)cc1. The van der Waals surface area contributed by atoms with E-state index in [1.54, 1.807) is 31.4 Å². The number of benzene rings is 2. The number of hydrogen-bond acceptors (Lipinski definition) is 5. The Morgan fingerprint density at radius 3 is 2.56 bits per heavy atom. The molecular weight excluding hydrogens is 360 g/mol. The van der Waals surface area contributed by atoms with Gasteiger partial charge in [-0.2, -0.15) is 0 Å². The Morgan fingerprint density at radius 1 is 1.11 bits per heavy atom. The minimum Gasteiger partial charge on any atom is -0.497 e. The van der Waals surface area contributed by atoms with Crippen molar-refractivity contribution in [1.29, 1.82) is 0 Å². The molecule has 27 heavy (non-hydrogen) atoms. The Hall–Kier alpha value is -3.25. The summed E-state index contributed by atoms with van der Waals surface area (Å²) < 4.78 is 6.47. The van der Waals surface area contributed by atoms with Gasteiger partial charge in [0.2, 0.25) is 0 Å². The van der Waals surface area contributed by atoms with E-state index >= 15 is 0 Å². The molecule has 0 N–H and O–H groups in total. The van der Waals surface area contributed by atoms with Gasteiger partial charge in [0.25, 0.3) is 5.56 Å². The molecule has 6 heteroatoms. The third-order valence-corrected chi connectivity index (χ3v) is 5.26. The fourth-order valence-corrected chi connectivity index (χ4v) is 3.84. The van der Waals surface area contributed by atoms with Crippen molar-refractivity contribution in [2.45, 2.75) is 6.54 Å². The highest BCUT2D eigenvalue weighted by Crippen LogP contribution is 2.30. The zero-order valence-corrected chi connectivity index (χ0v) is 15.4. The predicted molar refractivity (Wildman–Crippen MR) is 107 cm³/mol. The molecule has 0 aliphatic carbocycles. The van der Waals surface area contributed by atoms with E-state index < -0.39 is 0 Å². The topological polar surface area (TPSA) is 61.2 Å². The Bertz CT molecular complexity index is 1160. The zero-order chi connectivity index (χ0) is 18.8. The number of hydrogen-bond donors (Lipinski definition) is 0. The quantitative estimate of drug-likeness (QED) is 0.494. The molecule has 5 nitrogen and oxygen atoms in total. The van der Waals surface area contributed by atoms with E-state index in [0.717, 1.165) is 11.1 Å². The number of nitrogens with zero attached hydrogens (tertiary/aromatic N) is 2. The lowest BCUT2D eigenvalue weighted by molar-refractivity contribution is 0.0970. The fraction of sp³-hybridized carbons (Fsp3) is 0.0952. The Kier molecular flexibility index (Phi) is 4.56. The maximum absolute atomic E-state index is 13.0. The van der Waals surface area contributed by atoms with Crippen molar-refractivity contribution < 1.29 is 9.53 Å². The fourth-order valence-electron chi connectivity index (χ4n) is 2.93. The van der Waals surface area contributed by atoms with Crippen molar-refractivity contribution in [3.8, 4) is 16.9 Å². The number of fused-ring (bicyclic) bond motifs is 1. The maximum Gasteiger partial charge on any atom is 0.263 e. The molecule has 4 rings (SSSR count). The minimum absolute atomic E-state index is 0.0574. The highest BCUT2D eigenvalue weighted by molar-refractivity contribution is 7.17. The number of carbonyl (C=O) groups is 1. The number of Topliss-reactive ketones (excluding diaryl/α,β-unsaturated/α-hetero) is 1. The highest BCUT2D eigenvalue weighted by atomic mass is 32.1. The third-order valence-electron chi connectivity index (χ3n) is 4.37. The number of ketones is 1. The van der Waals surface area contributed by atoms with Crippen LogP contribution in [0, 0.1) is 0 Å². The molecule has 2 aromatic carbocycles. The summed E-state index contributed by atoms with van der Waals surface area (Å²) in [6, 6.07) is 16.6. The molecule has 0 saturated carbocycles. The number of carbonyl (C=O) groups excluding carboxylic acids is 1. The first-order valence-corrected chi connectivity index (χ1v) is 9.24. The van der Waals surface area contributed by atoms with Crippen molar-refractivity contribution in [2.75, 3.05) is 7.11 Å². The molecule has 4 aromatic rings. The second-order valence-corrected chi connectivity index (χ2v) is 6.88. The van der Waals surface area contributed by atoms with Gasteiger partial charge < -0.3 is 4.74 Å². The first-order valence-electron chi connectivity index (χ1n) is 8.36. The van der Waals surface area contributed by atoms with Gasteiger partial charge in [-0.05, 0) is 29.8 Å². The summed E-state index contributed by atoms with van der Waals surface area (Å²) in [5.74, 6) is 0.523. The van der Waals surface area contributed by atoms with Crippen LogP contribution in [0.3, 0.4) is 0 Å². The monoisotopic (exact) mass is 376 g/mol. The molecule has 0 saturated heterocycles. The van der Waals surface area contributed by atoms with Gasteiger partial charge in [-0.3, -0.25) is 14.2 Å². The lowest BCUT2D eigenvalue weighted by atomic mass is 10.1. The van der Waals surface area contributed by atoms with Gasteiger partial charge in [-0.1, -0.05) is 30.3 Å². The van der Waals surface area contributed by atoms with Crippen molar-refractivity contribution in [2.24, 2.45) is 0 Å². The van der Waals surface area contributed by atoms with Crippen LogP contribution < -0.4 is 10.3 Å². The lowest BCUT2D eigenvalue weighted by Gasteiger charge is -2.07. The maximum atomic E-state index is 13.0. The summed E-state index contributed by atoms with van der Waals surface area (Å²) >= 11 is 1.43. The van der Waals surface area contributed by atoms with Gasteiger partial charge in [0.15, 0.2) is 5.78 Å². The predicted octanol–water partition coefficient (Wildman–Crippen LogP) is 4.02. The van der Waals surface area contributed by atoms with E-state index in [0.29, 0.717) is 21.5 Å². The minimum atomic E-state index is -0.207. The van der Waals surface area contributed by atoms with Crippen LogP contribution in [0.2, 0.25) is 0 Å². The third kappa shape index (κ3) is 3.27. The van der Waals surface area contributed by atoms with E-state index in [1.807, 2.05) is 35.7 Å². The van der Waals surface area contributed by atoms with Crippen molar-refractivity contribution in [1.82, 2.24) is 9.55 Å². The molecule has 0 fully saturated rings. The van der Waals surface area contributed by atoms with Crippen LogP contribution in [0.5, 0.6) is 5.75 Å². The van der Waals surface area contributed by atoms with Gasteiger partial charge in [-0.25, -0.2) is 4.98 Å². The molecule has 0 radical (unpaired) electrons. The summed E-state index contributed by atoms with van der Waals surface area (Å²) in [5.41, 5.74) is 2.12. The van der Waals surface area contributed by atoms with Gasteiger partial charge in [0.05, 0.1) is 25.4 Å². The average molecular weight is 376 g/mol. The highest BCUT2D eigenvalue weighted by Gasteiger charge is 2.15. The second kappa shape index (κ2) is 7.17. The molecule has 0 amide bonds. The first kappa shape index (κ1) is 17.2. The van der Waals surface area contributed by atoms with Crippen LogP contribution in [0.25, 0.3) is 21.3 Å². The van der Waals surface area contributed by atoms with Gasteiger partial charge in [-0.15, -0.1) is 11.3 Å². The van der Waals surface area contributed by atoms with E-state index in [-0.39, 0.29) is 17.9 Å².